The van der Waals surface area contributed by atoms with Crippen molar-refractivity contribution in [3.8, 4) is 0 Å². The zero-order chi connectivity index (χ0) is 14.1. The standard InChI is InChI=1S/C14H21N3O2S/c1-10(18)17(12-2-3-12)14-15-11(9-20-14)8-16-6-4-13(19)5-7-16/h9,12-13,19H,2-8H2,1H3. The minimum atomic E-state index is -0.139. The molecule has 1 aromatic rings. The molecule has 2 aliphatic rings. The molecule has 2 fully saturated rings. The molecule has 1 aliphatic carbocycles. The van der Waals surface area contributed by atoms with Crippen LogP contribution < -0.4 is 4.90 Å². The normalized spacial score (nSPS) is 21.1. The lowest BCUT2D eigenvalue weighted by Gasteiger charge is -2.28. The Kier molecular flexibility index (Phi) is 4.05. The van der Waals surface area contributed by atoms with Crippen LogP contribution in [0.15, 0.2) is 5.38 Å². The molecule has 0 bridgehead atoms. The summed E-state index contributed by atoms with van der Waals surface area (Å²) in [6, 6.07) is 0.372. The second kappa shape index (κ2) is 5.79. The van der Waals surface area contributed by atoms with Crippen LogP contribution >= 0.6 is 11.3 Å². The highest BCUT2D eigenvalue weighted by Gasteiger charge is 2.33. The number of aliphatic hydroxyl groups excluding tert-OH is 1. The fourth-order valence-corrected chi connectivity index (χ4v) is 3.60. The van der Waals surface area contributed by atoms with E-state index < -0.39 is 0 Å². The number of rotatable bonds is 4. The molecule has 1 aromatic heterocycles. The molecule has 1 amide bonds. The van der Waals surface area contributed by atoms with Gasteiger partial charge in [0.2, 0.25) is 5.91 Å². The van der Waals surface area contributed by atoms with Crippen LogP contribution in [0.3, 0.4) is 0 Å². The van der Waals surface area contributed by atoms with E-state index in [1.54, 1.807) is 18.3 Å². The molecule has 0 atom stereocenters. The first-order chi connectivity index (χ1) is 9.63. The predicted molar refractivity (Wildman–Crippen MR) is 78.8 cm³/mol. The SMILES string of the molecule is CC(=O)N(c1nc(CN2CCC(O)CC2)cs1)C1CC1. The Morgan fingerprint density at radius 2 is 2.15 bits per heavy atom. The Bertz CT molecular complexity index is 479. The van der Waals surface area contributed by atoms with Gasteiger partial charge in [0, 0.05) is 38.0 Å². The Balaban J connectivity index is 1.63. The highest BCUT2D eigenvalue weighted by atomic mass is 32.1. The number of hydrogen-bond donors (Lipinski definition) is 1. The van der Waals surface area contributed by atoms with Crippen molar-refractivity contribution in [3.63, 3.8) is 0 Å². The minimum absolute atomic E-state index is 0.0921. The number of likely N-dealkylation sites (tertiary alicyclic amines) is 1. The molecule has 5 nitrogen and oxygen atoms in total. The number of aliphatic hydroxyl groups is 1. The zero-order valence-electron chi connectivity index (χ0n) is 11.8. The predicted octanol–water partition coefficient (Wildman–Crippen LogP) is 1.62. The Hall–Kier alpha value is -0.980. The highest BCUT2D eigenvalue weighted by molar-refractivity contribution is 7.14. The highest BCUT2D eigenvalue weighted by Crippen LogP contribution is 2.33. The first-order valence-electron chi connectivity index (χ1n) is 7.28. The smallest absolute Gasteiger partial charge is 0.225 e. The number of nitrogens with zero attached hydrogens (tertiary/aromatic N) is 3. The van der Waals surface area contributed by atoms with Gasteiger partial charge in [-0.05, 0) is 25.7 Å². The third-order valence-corrected chi connectivity index (χ3v) is 4.83. The van der Waals surface area contributed by atoms with Gasteiger partial charge in [0.25, 0.3) is 0 Å². The summed E-state index contributed by atoms with van der Waals surface area (Å²) in [6.45, 7) is 4.28. The van der Waals surface area contributed by atoms with Crippen LogP contribution in [0.5, 0.6) is 0 Å². The number of amides is 1. The van der Waals surface area contributed by atoms with E-state index >= 15 is 0 Å². The first kappa shape index (κ1) is 14.0. The average molecular weight is 295 g/mol. The number of piperidine rings is 1. The molecule has 1 saturated carbocycles. The van der Waals surface area contributed by atoms with Gasteiger partial charge < -0.3 is 5.11 Å². The van der Waals surface area contributed by atoms with Crippen LogP contribution in [0.4, 0.5) is 5.13 Å². The van der Waals surface area contributed by atoms with Gasteiger partial charge in [-0.15, -0.1) is 11.3 Å². The molecule has 0 radical (unpaired) electrons. The van der Waals surface area contributed by atoms with Gasteiger partial charge in [0.1, 0.15) is 0 Å². The quantitative estimate of drug-likeness (QED) is 0.917. The Morgan fingerprint density at radius 3 is 2.75 bits per heavy atom. The summed E-state index contributed by atoms with van der Waals surface area (Å²) < 4.78 is 0. The molecular formula is C14H21N3O2S. The van der Waals surface area contributed by atoms with Gasteiger partial charge in [0.05, 0.1) is 11.8 Å². The van der Waals surface area contributed by atoms with Crippen molar-refractivity contribution in [2.24, 2.45) is 0 Å². The van der Waals surface area contributed by atoms with E-state index in [1.807, 2.05) is 4.90 Å². The fourth-order valence-electron chi connectivity index (χ4n) is 2.67. The molecule has 6 heteroatoms. The van der Waals surface area contributed by atoms with Crippen molar-refractivity contribution in [1.29, 1.82) is 0 Å². The second-order valence-corrected chi connectivity index (χ2v) is 6.59. The van der Waals surface area contributed by atoms with E-state index in [9.17, 15) is 9.90 Å². The lowest BCUT2D eigenvalue weighted by atomic mass is 10.1. The number of hydrogen-bond acceptors (Lipinski definition) is 5. The molecule has 110 valence electrons. The Morgan fingerprint density at radius 1 is 1.45 bits per heavy atom. The molecule has 0 spiro atoms. The summed E-state index contributed by atoms with van der Waals surface area (Å²) in [6.07, 6.45) is 3.74. The van der Waals surface area contributed by atoms with E-state index in [0.717, 1.165) is 56.1 Å². The number of anilines is 1. The van der Waals surface area contributed by atoms with Crippen molar-refractivity contribution in [1.82, 2.24) is 9.88 Å². The molecule has 1 saturated heterocycles. The number of carbonyl (C=O) groups excluding carboxylic acids is 1. The molecule has 1 aliphatic heterocycles. The fraction of sp³-hybridized carbons (Fsp3) is 0.714. The third kappa shape index (κ3) is 3.19. The lowest BCUT2D eigenvalue weighted by molar-refractivity contribution is -0.116. The third-order valence-electron chi connectivity index (χ3n) is 3.94. The minimum Gasteiger partial charge on any atom is -0.393 e. The molecule has 20 heavy (non-hydrogen) atoms. The van der Waals surface area contributed by atoms with Crippen molar-refractivity contribution in [3.05, 3.63) is 11.1 Å². The molecule has 0 aromatic carbocycles. The maximum atomic E-state index is 11.7. The van der Waals surface area contributed by atoms with Crippen LogP contribution in [-0.2, 0) is 11.3 Å². The Labute approximate surface area is 123 Å². The van der Waals surface area contributed by atoms with Crippen LogP contribution in [0, 0.1) is 0 Å². The van der Waals surface area contributed by atoms with Crippen LogP contribution in [0.25, 0.3) is 0 Å². The summed E-state index contributed by atoms with van der Waals surface area (Å²) in [5.41, 5.74) is 1.04. The van der Waals surface area contributed by atoms with Gasteiger partial charge in [-0.25, -0.2) is 4.98 Å². The van der Waals surface area contributed by atoms with E-state index in [-0.39, 0.29) is 12.0 Å². The number of aromatic nitrogens is 1. The van der Waals surface area contributed by atoms with E-state index in [4.69, 9.17) is 0 Å². The van der Waals surface area contributed by atoms with E-state index in [1.165, 1.54) is 0 Å². The van der Waals surface area contributed by atoms with Gasteiger partial charge >= 0.3 is 0 Å². The summed E-state index contributed by atoms with van der Waals surface area (Å²) in [7, 11) is 0. The average Bonchev–Trinajstić information content (AvgIpc) is 3.12. The number of thiazole rings is 1. The van der Waals surface area contributed by atoms with Gasteiger partial charge in [-0.2, -0.15) is 0 Å². The first-order valence-corrected chi connectivity index (χ1v) is 8.16. The largest absolute Gasteiger partial charge is 0.393 e. The summed E-state index contributed by atoms with van der Waals surface area (Å²) in [4.78, 5) is 20.5. The van der Waals surface area contributed by atoms with E-state index in [0.29, 0.717) is 6.04 Å². The maximum absolute atomic E-state index is 11.7. The van der Waals surface area contributed by atoms with Gasteiger partial charge in [-0.1, -0.05) is 0 Å². The second-order valence-electron chi connectivity index (χ2n) is 5.75. The zero-order valence-corrected chi connectivity index (χ0v) is 12.6. The van der Waals surface area contributed by atoms with Crippen molar-refractivity contribution < 1.29 is 9.90 Å². The molecule has 3 rings (SSSR count). The lowest BCUT2D eigenvalue weighted by Crippen LogP contribution is -2.35. The van der Waals surface area contributed by atoms with Crippen LogP contribution in [0.1, 0.15) is 38.3 Å². The van der Waals surface area contributed by atoms with Crippen molar-refractivity contribution in [2.75, 3.05) is 18.0 Å². The van der Waals surface area contributed by atoms with Crippen molar-refractivity contribution >= 4 is 22.4 Å². The number of carbonyl (C=O) groups is 1. The van der Waals surface area contributed by atoms with Crippen molar-refractivity contribution in [2.45, 2.75) is 51.3 Å². The maximum Gasteiger partial charge on any atom is 0.225 e. The molecular weight excluding hydrogens is 274 g/mol. The van der Waals surface area contributed by atoms with E-state index in [2.05, 4.69) is 15.3 Å². The van der Waals surface area contributed by atoms with Crippen LogP contribution in [0.2, 0.25) is 0 Å². The van der Waals surface area contributed by atoms with Gasteiger partial charge in [-0.3, -0.25) is 14.6 Å². The summed E-state index contributed by atoms with van der Waals surface area (Å²) >= 11 is 1.56. The van der Waals surface area contributed by atoms with Crippen LogP contribution in [-0.4, -0.2) is 46.1 Å². The molecule has 1 N–H and O–H groups in total. The molecule has 2 heterocycles. The van der Waals surface area contributed by atoms with Gasteiger partial charge in [0.15, 0.2) is 5.13 Å². The molecule has 0 unspecified atom stereocenters. The monoisotopic (exact) mass is 295 g/mol. The summed E-state index contributed by atoms with van der Waals surface area (Å²) in [5, 5.41) is 12.4. The topological polar surface area (TPSA) is 56.7 Å². The summed E-state index contributed by atoms with van der Waals surface area (Å²) in [5.74, 6) is 0.0921.